The summed E-state index contributed by atoms with van der Waals surface area (Å²) in [6, 6.07) is 7.22. The van der Waals surface area contributed by atoms with Crippen molar-refractivity contribution in [2.75, 3.05) is 24.1 Å². The van der Waals surface area contributed by atoms with Crippen LogP contribution < -0.4 is 16.4 Å². The Hall–Kier alpha value is -2.63. The number of nitrogens with two attached hydrogens (primary N) is 1. The summed E-state index contributed by atoms with van der Waals surface area (Å²) in [6.45, 7) is 2.80. The monoisotopic (exact) mass is 288 g/mol. The van der Waals surface area contributed by atoms with Crippen molar-refractivity contribution < 1.29 is 9.18 Å². The molecule has 21 heavy (non-hydrogen) atoms. The fraction of sp³-hybridized carbons (Fsp3) is 0.200. The van der Waals surface area contributed by atoms with E-state index >= 15 is 0 Å². The van der Waals surface area contributed by atoms with Gasteiger partial charge in [-0.05, 0) is 42.8 Å². The lowest BCUT2D eigenvalue weighted by Crippen LogP contribution is -2.29. The van der Waals surface area contributed by atoms with Crippen LogP contribution in [0.5, 0.6) is 0 Å². The van der Waals surface area contributed by atoms with Gasteiger partial charge in [-0.25, -0.2) is 9.37 Å². The summed E-state index contributed by atoms with van der Waals surface area (Å²) in [5.41, 5.74) is 7.85. The highest BCUT2D eigenvalue weighted by molar-refractivity contribution is 5.94. The van der Waals surface area contributed by atoms with E-state index in [2.05, 4.69) is 15.6 Å². The van der Waals surface area contributed by atoms with Crippen LogP contribution in [0.1, 0.15) is 15.9 Å². The Labute approximate surface area is 122 Å². The molecule has 0 aliphatic heterocycles. The van der Waals surface area contributed by atoms with E-state index < -0.39 is 0 Å². The number of anilines is 2. The first-order valence-electron chi connectivity index (χ1n) is 6.56. The normalized spacial score (nSPS) is 10.2. The highest BCUT2D eigenvalue weighted by Gasteiger charge is 2.05. The maximum absolute atomic E-state index is 12.8. The molecule has 2 rings (SSSR count). The SMILES string of the molecule is Cc1ccnc(NCCNC(=O)c2ccc(F)cc2)c1N. The lowest BCUT2D eigenvalue weighted by Gasteiger charge is -2.10. The van der Waals surface area contributed by atoms with Gasteiger partial charge in [0.2, 0.25) is 0 Å². The highest BCUT2D eigenvalue weighted by atomic mass is 19.1. The summed E-state index contributed by atoms with van der Waals surface area (Å²) >= 11 is 0. The summed E-state index contributed by atoms with van der Waals surface area (Å²) < 4.78 is 12.8. The van der Waals surface area contributed by atoms with Crippen LogP contribution in [0.2, 0.25) is 0 Å². The Morgan fingerprint density at radius 3 is 2.67 bits per heavy atom. The Morgan fingerprint density at radius 1 is 1.24 bits per heavy atom. The van der Waals surface area contributed by atoms with Crippen LogP contribution in [-0.4, -0.2) is 24.0 Å². The lowest BCUT2D eigenvalue weighted by atomic mass is 10.2. The standard InChI is InChI=1S/C15H17FN4O/c1-10-6-7-18-14(13(10)17)19-8-9-20-15(21)11-2-4-12(16)5-3-11/h2-7H,8-9,17H2,1H3,(H,18,19)(H,20,21). The molecule has 1 aromatic heterocycles. The molecule has 0 spiro atoms. The molecule has 4 N–H and O–H groups in total. The van der Waals surface area contributed by atoms with Crippen molar-refractivity contribution in [3.63, 3.8) is 0 Å². The van der Waals surface area contributed by atoms with E-state index in [9.17, 15) is 9.18 Å². The number of hydrogen-bond donors (Lipinski definition) is 3. The molecular weight excluding hydrogens is 271 g/mol. The van der Waals surface area contributed by atoms with Crippen LogP contribution in [0.25, 0.3) is 0 Å². The van der Waals surface area contributed by atoms with Crippen LogP contribution in [-0.2, 0) is 0 Å². The van der Waals surface area contributed by atoms with Crippen molar-refractivity contribution >= 4 is 17.4 Å². The number of nitrogen functional groups attached to an aromatic ring is 1. The first-order valence-corrected chi connectivity index (χ1v) is 6.56. The van der Waals surface area contributed by atoms with Gasteiger partial charge in [0.1, 0.15) is 11.6 Å². The van der Waals surface area contributed by atoms with E-state index in [4.69, 9.17) is 5.73 Å². The summed E-state index contributed by atoms with van der Waals surface area (Å²) in [5, 5.41) is 5.79. The van der Waals surface area contributed by atoms with Crippen molar-refractivity contribution in [1.82, 2.24) is 10.3 Å². The molecule has 1 heterocycles. The van der Waals surface area contributed by atoms with E-state index in [1.807, 2.05) is 13.0 Å². The summed E-state index contributed by atoms with van der Waals surface area (Å²) in [6.07, 6.45) is 1.67. The van der Waals surface area contributed by atoms with E-state index in [1.165, 1.54) is 24.3 Å². The van der Waals surface area contributed by atoms with Crippen LogP contribution in [0, 0.1) is 12.7 Å². The molecule has 1 amide bonds. The third kappa shape index (κ3) is 3.92. The van der Waals surface area contributed by atoms with Crippen LogP contribution in [0.15, 0.2) is 36.5 Å². The van der Waals surface area contributed by atoms with Crippen LogP contribution >= 0.6 is 0 Å². The zero-order valence-corrected chi connectivity index (χ0v) is 11.7. The van der Waals surface area contributed by atoms with Gasteiger partial charge < -0.3 is 16.4 Å². The lowest BCUT2D eigenvalue weighted by molar-refractivity contribution is 0.0955. The number of halogens is 1. The minimum absolute atomic E-state index is 0.248. The number of nitrogens with one attached hydrogen (secondary N) is 2. The predicted molar refractivity (Wildman–Crippen MR) is 80.6 cm³/mol. The highest BCUT2D eigenvalue weighted by Crippen LogP contribution is 2.17. The maximum Gasteiger partial charge on any atom is 0.251 e. The molecule has 1 aromatic carbocycles. The third-order valence-electron chi connectivity index (χ3n) is 3.02. The second-order valence-corrected chi connectivity index (χ2v) is 4.58. The molecule has 0 bridgehead atoms. The number of carbonyl (C=O) groups excluding carboxylic acids is 1. The van der Waals surface area contributed by atoms with Crippen molar-refractivity contribution in [2.45, 2.75) is 6.92 Å². The van der Waals surface area contributed by atoms with Gasteiger partial charge >= 0.3 is 0 Å². The Balaban J connectivity index is 1.80. The number of benzene rings is 1. The molecule has 0 saturated heterocycles. The molecule has 5 nitrogen and oxygen atoms in total. The number of hydrogen-bond acceptors (Lipinski definition) is 4. The van der Waals surface area contributed by atoms with Gasteiger partial charge in [0.15, 0.2) is 0 Å². The Bertz CT molecular complexity index is 628. The number of aryl methyl sites for hydroxylation is 1. The molecule has 0 fully saturated rings. The molecule has 0 aliphatic carbocycles. The molecular formula is C15H17FN4O. The summed E-state index contributed by atoms with van der Waals surface area (Å²) in [5.74, 6) is -0.0118. The molecule has 0 radical (unpaired) electrons. The zero-order valence-electron chi connectivity index (χ0n) is 11.7. The largest absolute Gasteiger partial charge is 0.396 e. The zero-order chi connectivity index (χ0) is 15.2. The Kier molecular flexibility index (Phi) is 4.71. The number of nitrogens with zero attached hydrogens (tertiary/aromatic N) is 1. The molecule has 110 valence electrons. The van der Waals surface area contributed by atoms with E-state index in [1.54, 1.807) is 6.20 Å². The number of aromatic nitrogens is 1. The van der Waals surface area contributed by atoms with Crippen molar-refractivity contribution in [2.24, 2.45) is 0 Å². The van der Waals surface area contributed by atoms with Gasteiger partial charge in [0, 0.05) is 24.8 Å². The molecule has 6 heteroatoms. The van der Waals surface area contributed by atoms with E-state index in [-0.39, 0.29) is 11.7 Å². The van der Waals surface area contributed by atoms with E-state index in [0.717, 1.165) is 5.56 Å². The molecule has 0 atom stereocenters. The molecule has 2 aromatic rings. The quantitative estimate of drug-likeness (QED) is 0.735. The molecule has 0 unspecified atom stereocenters. The van der Waals surface area contributed by atoms with Gasteiger partial charge in [-0.3, -0.25) is 4.79 Å². The second-order valence-electron chi connectivity index (χ2n) is 4.58. The fourth-order valence-corrected chi connectivity index (χ4v) is 1.77. The third-order valence-corrected chi connectivity index (χ3v) is 3.02. The smallest absolute Gasteiger partial charge is 0.251 e. The van der Waals surface area contributed by atoms with Gasteiger partial charge in [-0.2, -0.15) is 0 Å². The minimum atomic E-state index is -0.366. The number of amides is 1. The van der Waals surface area contributed by atoms with Gasteiger partial charge in [-0.1, -0.05) is 0 Å². The fourth-order valence-electron chi connectivity index (χ4n) is 1.77. The first-order chi connectivity index (χ1) is 10.1. The predicted octanol–water partition coefficient (Wildman–Crippen LogP) is 1.95. The summed E-state index contributed by atoms with van der Waals surface area (Å²) in [4.78, 5) is 15.9. The summed E-state index contributed by atoms with van der Waals surface area (Å²) in [7, 11) is 0. The van der Waals surface area contributed by atoms with Crippen molar-refractivity contribution in [3.8, 4) is 0 Å². The maximum atomic E-state index is 12.8. The first kappa shape index (κ1) is 14.8. The number of rotatable bonds is 5. The van der Waals surface area contributed by atoms with Crippen molar-refractivity contribution in [3.05, 3.63) is 53.5 Å². The van der Waals surface area contributed by atoms with E-state index in [0.29, 0.717) is 30.2 Å². The molecule has 0 aliphatic rings. The second kappa shape index (κ2) is 6.69. The Morgan fingerprint density at radius 2 is 1.95 bits per heavy atom. The van der Waals surface area contributed by atoms with Gasteiger partial charge in [0.05, 0.1) is 5.69 Å². The average molecular weight is 288 g/mol. The number of carbonyl (C=O) groups is 1. The van der Waals surface area contributed by atoms with Crippen molar-refractivity contribution in [1.29, 1.82) is 0 Å². The van der Waals surface area contributed by atoms with Crippen LogP contribution in [0.3, 0.4) is 0 Å². The minimum Gasteiger partial charge on any atom is -0.396 e. The topological polar surface area (TPSA) is 80.0 Å². The van der Waals surface area contributed by atoms with Crippen LogP contribution in [0.4, 0.5) is 15.9 Å². The molecule has 0 saturated carbocycles. The van der Waals surface area contributed by atoms with Gasteiger partial charge in [-0.15, -0.1) is 0 Å². The average Bonchev–Trinajstić information content (AvgIpc) is 2.48. The number of pyridine rings is 1. The van der Waals surface area contributed by atoms with Gasteiger partial charge in [0.25, 0.3) is 5.91 Å².